The van der Waals surface area contributed by atoms with Gasteiger partial charge in [-0.05, 0) is 38.8 Å². The number of sulfonamides is 1. The van der Waals surface area contributed by atoms with E-state index in [-0.39, 0.29) is 23.2 Å². The van der Waals surface area contributed by atoms with Crippen LogP contribution in [0.25, 0.3) is 0 Å². The maximum Gasteiger partial charge on any atom is 0.223 e. The van der Waals surface area contributed by atoms with E-state index in [0.29, 0.717) is 32.4 Å². The molecule has 7 heteroatoms. The molecule has 156 valence electrons. The van der Waals surface area contributed by atoms with E-state index in [4.69, 9.17) is 4.74 Å². The quantitative estimate of drug-likeness (QED) is 0.726. The summed E-state index contributed by atoms with van der Waals surface area (Å²) >= 11 is 0. The van der Waals surface area contributed by atoms with Gasteiger partial charge in [0.15, 0.2) is 0 Å². The number of para-hydroxylation sites is 1. The van der Waals surface area contributed by atoms with Crippen molar-refractivity contribution >= 4 is 15.9 Å². The van der Waals surface area contributed by atoms with Crippen LogP contribution in [0.5, 0.6) is 5.75 Å². The van der Waals surface area contributed by atoms with Crippen LogP contribution in [-0.4, -0.2) is 61.1 Å². The summed E-state index contributed by atoms with van der Waals surface area (Å²) in [5.74, 6) is 1.25. The fourth-order valence-electron chi connectivity index (χ4n) is 4.50. The monoisotopic (exact) mass is 408 g/mol. The lowest BCUT2D eigenvalue weighted by Gasteiger charge is -2.46. The molecule has 2 aliphatic rings. The number of piperidine rings is 1. The van der Waals surface area contributed by atoms with E-state index >= 15 is 0 Å². The Morgan fingerprint density at radius 1 is 1.18 bits per heavy atom. The number of fused-ring (bicyclic) bond motifs is 1. The first kappa shape index (κ1) is 21.1. The van der Waals surface area contributed by atoms with Gasteiger partial charge in [-0.3, -0.25) is 4.79 Å². The first-order valence-corrected chi connectivity index (χ1v) is 12.0. The smallest absolute Gasteiger partial charge is 0.223 e. The molecule has 2 aliphatic heterocycles. The minimum absolute atomic E-state index is 0.104. The van der Waals surface area contributed by atoms with Crippen molar-refractivity contribution in [2.24, 2.45) is 0 Å². The zero-order valence-electron chi connectivity index (χ0n) is 17.2. The van der Waals surface area contributed by atoms with Gasteiger partial charge in [0.1, 0.15) is 11.4 Å². The predicted molar refractivity (Wildman–Crippen MR) is 110 cm³/mol. The van der Waals surface area contributed by atoms with E-state index in [2.05, 4.69) is 6.07 Å². The van der Waals surface area contributed by atoms with Gasteiger partial charge in [-0.25, -0.2) is 12.7 Å². The number of carbonyl (C=O) groups excluding carboxylic acids is 1. The molecule has 1 amide bonds. The Labute approximate surface area is 168 Å². The molecule has 0 saturated carbocycles. The van der Waals surface area contributed by atoms with Gasteiger partial charge in [-0.1, -0.05) is 18.2 Å². The number of ether oxygens (including phenoxy) is 1. The highest BCUT2D eigenvalue weighted by Gasteiger charge is 2.45. The predicted octanol–water partition coefficient (Wildman–Crippen LogP) is 3.00. The van der Waals surface area contributed by atoms with Crippen molar-refractivity contribution in [1.29, 1.82) is 0 Å². The summed E-state index contributed by atoms with van der Waals surface area (Å²) in [6.45, 7) is 8.09. The standard InChI is InChI=1S/C21H32N2O4S/c1-4-22(5-2)20(24)15-17-16-21(27-19-10-8-7-9-18(17)19)11-13-23(14-12-21)28(25,26)6-3/h7-10,17H,4-6,11-16H2,1-3H3. The summed E-state index contributed by atoms with van der Waals surface area (Å²) in [4.78, 5) is 14.7. The molecule has 1 atom stereocenters. The number of carbonyl (C=O) groups is 1. The third-order valence-electron chi connectivity index (χ3n) is 6.23. The molecular formula is C21H32N2O4S. The molecule has 1 aromatic rings. The van der Waals surface area contributed by atoms with Crippen LogP contribution >= 0.6 is 0 Å². The molecule has 3 rings (SSSR count). The molecule has 0 bridgehead atoms. The van der Waals surface area contributed by atoms with Crippen LogP contribution in [0.15, 0.2) is 24.3 Å². The number of amides is 1. The van der Waals surface area contributed by atoms with Gasteiger partial charge in [0.25, 0.3) is 0 Å². The molecule has 0 aromatic heterocycles. The molecule has 0 radical (unpaired) electrons. The van der Waals surface area contributed by atoms with Crippen molar-refractivity contribution in [3.8, 4) is 5.75 Å². The van der Waals surface area contributed by atoms with E-state index in [0.717, 1.165) is 30.8 Å². The van der Waals surface area contributed by atoms with Crippen LogP contribution in [-0.2, 0) is 14.8 Å². The number of rotatable bonds is 6. The molecule has 2 heterocycles. The average Bonchev–Trinajstić information content (AvgIpc) is 2.69. The Morgan fingerprint density at radius 3 is 2.43 bits per heavy atom. The molecular weight excluding hydrogens is 376 g/mol. The summed E-state index contributed by atoms with van der Waals surface area (Å²) in [5, 5.41) is 0. The first-order valence-electron chi connectivity index (χ1n) is 10.4. The molecule has 1 spiro atoms. The number of benzene rings is 1. The van der Waals surface area contributed by atoms with Crippen LogP contribution in [0.2, 0.25) is 0 Å². The third kappa shape index (κ3) is 4.20. The van der Waals surface area contributed by atoms with Gasteiger partial charge in [0, 0.05) is 51.4 Å². The van der Waals surface area contributed by atoms with Crippen molar-refractivity contribution in [3.05, 3.63) is 29.8 Å². The fourth-order valence-corrected chi connectivity index (χ4v) is 5.61. The van der Waals surface area contributed by atoms with Crippen LogP contribution in [0.3, 0.4) is 0 Å². The Kier molecular flexibility index (Phi) is 6.34. The Morgan fingerprint density at radius 2 is 1.82 bits per heavy atom. The van der Waals surface area contributed by atoms with Gasteiger partial charge in [0.05, 0.1) is 5.75 Å². The third-order valence-corrected chi connectivity index (χ3v) is 8.11. The largest absolute Gasteiger partial charge is 0.487 e. The highest BCUT2D eigenvalue weighted by atomic mass is 32.2. The van der Waals surface area contributed by atoms with Crippen molar-refractivity contribution in [2.75, 3.05) is 31.9 Å². The maximum absolute atomic E-state index is 12.8. The number of hydrogen-bond donors (Lipinski definition) is 0. The van der Waals surface area contributed by atoms with Crippen LogP contribution < -0.4 is 4.74 Å². The molecule has 1 aromatic carbocycles. The second kappa shape index (κ2) is 8.41. The molecule has 0 N–H and O–H groups in total. The lowest BCUT2D eigenvalue weighted by Crippen LogP contribution is -2.52. The van der Waals surface area contributed by atoms with Crippen molar-refractivity contribution in [3.63, 3.8) is 0 Å². The molecule has 1 saturated heterocycles. The summed E-state index contributed by atoms with van der Waals surface area (Å²) in [7, 11) is -3.17. The van der Waals surface area contributed by atoms with Crippen LogP contribution in [0.4, 0.5) is 0 Å². The van der Waals surface area contributed by atoms with Crippen LogP contribution in [0, 0.1) is 0 Å². The zero-order valence-corrected chi connectivity index (χ0v) is 18.0. The molecule has 1 unspecified atom stereocenters. The number of nitrogens with zero attached hydrogens (tertiary/aromatic N) is 2. The minimum atomic E-state index is -3.17. The van der Waals surface area contributed by atoms with E-state index < -0.39 is 10.0 Å². The topological polar surface area (TPSA) is 66.9 Å². The lowest BCUT2D eigenvalue weighted by molar-refractivity contribution is -0.131. The fraction of sp³-hybridized carbons (Fsp3) is 0.667. The summed E-state index contributed by atoms with van der Waals surface area (Å²) < 4.78 is 32.4. The Bertz CT molecular complexity index is 796. The van der Waals surface area contributed by atoms with Crippen molar-refractivity contribution in [1.82, 2.24) is 9.21 Å². The summed E-state index contributed by atoms with van der Waals surface area (Å²) in [6.07, 6.45) is 2.56. The van der Waals surface area contributed by atoms with Crippen molar-refractivity contribution in [2.45, 2.75) is 58.0 Å². The van der Waals surface area contributed by atoms with Gasteiger partial charge in [-0.15, -0.1) is 0 Å². The van der Waals surface area contributed by atoms with Gasteiger partial charge in [-0.2, -0.15) is 0 Å². The normalized spacial score (nSPS) is 21.8. The van der Waals surface area contributed by atoms with E-state index in [1.807, 2.05) is 36.9 Å². The lowest BCUT2D eigenvalue weighted by atomic mass is 9.76. The maximum atomic E-state index is 12.8. The Hall–Kier alpha value is -1.60. The second-order valence-corrected chi connectivity index (χ2v) is 10.1. The molecule has 28 heavy (non-hydrogen) atoms. The van der Waals surface area contributed by atoms with E-state index in [9.17, 15) is 13.2 Å². The van der Waals surface area contributed by atoms with E-state index in [1.54, 1.807) is 11.2 Å². The van der Waals surface area contributed by atoms with Gasteiger partial charge < -0.3 is 9.64 Å². The summed E-state index contributed by atoms with van der Waals surface area (Å²) in [6, 6.07) is 7.97. The number of hydrogen-bond acceptors (Lipinski definition) is 4. The zero-order chi connectivity index (χ0) is 20.4. The molecule has 6 nitrogen and oxygen atoms in total. The summed E-state index contributed by atoms with van der Waals surface area (Å²) in [5.41, 5.74) is 0.708. The highest BCUT2D eigenvalue weighted by Crippen LogP contribution is 2.46. The van der Waals surface area contributed by atoms with Crippen LogP contribution in [0.1, 0.15) is 57.9 Å². The SMILES string of the molecule is CCN(CC)C(=O)CC1CC2(CCN(S(=O)(=O)CC)CC2)Oc2ccccc21. The van der Waals surface area contributed by atoms with Crippen molar-refractivity contribution < 1.29 is 17.9 Å². The average molecular weight is 409 g/mol. The molecule has 1 fully saturated rings. The highest BCUT2D eigenvalue weighted by molar-refractivity contribution is 7.89. The van der Waals surface area contributed by atoms with E-state index in [1.165, 1.54) is 0 Å². The minimum Gasteiger partial charge on any atom is -0.487 e. The van der Waals surface area contributed by atoms with Gasteiger partial charge >= 0.3 is 0 Å². The first-order chi connectivity index (χ1) is 13.3. The second-order valence-electron chi connectivity index (χ2n) is 7.79. The molecule has 0 aliphatic carbocycles. The van der Waals surface area contributed by atoms with Gasteiger partial charge in [0.2, 0.25) is 15.9 Å². The Balaban J connectivity index is 1.80.